The second-order valence-electron chi connectivity index (χ2n) is 4.85. The Labute approximate surface area is 130 Å². The normalized spacial score (nSPS) is 17.4. The van der Waals surface area contributed by atoms with Crippen LogP contribution in [0.1, 0.15) is 24.8 Å². The standard InChI is InChI=1S/C14H19ClN4S/c1-10-9-11(15)5-6-12(10)18-13(16)19-8-4-2-3-7-17-14(19)20/h5-6,9H,2-4,7-8H2,1H3,(H2,16,18)(H,17,20). The van der Waals surface area contributed by atoms with E-state index < -0.39 is 0 Å². The third kappa shape index (κ3) is 3.84. The number of nitrogens with one attached hydrogen (secondary N) is 1. The lowest BCUT2D eigenvalue weighted by molar-refractivity contribution is 0.503. The fourth-order valence-corrected chi connectivity index (χ4v) is 2.62. The Bertz CT molecular complexity index is 530. The molecule has 1 saturated heterocycles. The average molecular weight is 311 g/mol. The van der Waals surface area contributed by atoms with Crippen LogP contribution in [0.25, 0.3) is 0 Å². The van der Waals surface area contributed by atoms with E-state index in [1.54, 1.807) is 0 Å². The van der Waals surface area contributed by atoms with Gasteiger partial charge in [0.2, 0.25) is 5.96 Å². The Morgan fingerprint density at radius 2 is 2.20 bits per heavy atom. The largest absolute Gasteiger partial charge is 0.369 e. The summed E-state index contributed by atoms with van der Waals surface area (Å²) in [5, 5.41) is 4.55. The molecule has 108 valence electrons. The molecule has 0 bridgehead atoms. The number of thiocarbonyl (C=S) groups is 1. The molecule has 20 heavy (non-hydrogen) atoms. The van der Waals surface area contributed by atoms with Crippen LogP contribution in [0.15, 0.2) is 23.2 Å². The highest BCUT2D eigenvalue weighted by Crippen LogP contribution is 2.22. The van der Waals surface area contributed by atoms with Gasteiger partial charge in [-0.05, 0) is 62.2 Å². The Morgan fingerprint density at radius 1 is 1.40 bits per heavy atom. The summed E-state index contributed by atoms with van der Waals surface area (Å²) in [4.78, 5) is 6.34. The summed E-state index contributed by atoms with van der Waals surface area (Å²) in [6.07, 6.45) is 3.37. The molecule has 1 aromatic rings. The summed E-state index contributed by atoms with van der Waals surface area (Å²) in [5.41, 5.74) is 7.92. The van der Waals surface area contributed by atoms with Crippen molar-refractivity contribution >= 4 is 40.6 Å². The van der Waals surface area contributed by atoms with Crippen LogP contribution in [0.3, 0.4) is 0 Å². The highest BCUT2D eigenvalue weighted by Gasteiger charge is 2.15. The Hall–Kier alpha value is -1.33. The monoisotopic (exact) mass is 310 g/mol. The molecule has 4 nitrogen and oxygen atoms in total. The molecule has 0 spiro atoms. The zero-order chi connectivity index (χ0) is 14.5. The predicted octanol–water partition coefficient (Wildman–Crippen LogP) is 2.96. The highest BCUT2D eigenvalue weighted by molar-refractivity contribution is 7.80. The van der Waals surface area contributed by atoms with Crippen molar-refractivity contribution in [3.8, 4) is 0 Å². The minimum Gasteiger partial charge on any atom is -0.369 e. The van der Waals surface area contributed by atoms with Gasteiger partial charge in [0.15, 0.2) is 5.11 Å². The van der Waals surface area contributed by atoms with Gasteiger partial charge >= 0.3 is 0 Å². The van der Waals surface area contributed by atoms with Crippen molar-refractivity contribution in [3.63, 3.8) is 0 Å². The van der Waals surface area contributed by atoms with Gasteiger partial charge in [0.25, 0.3) is 0 Å². The smallest absolute Gasteiger partial charge is 0.202 e. The Morgan fingerprint density at radius 3 is 2.95 bits per heavy atom. The van der Waals surface area contributed by atoms with Gasteiger partial charge in [-0.2, -0.15) is 0 Å². The van der Waals surface area contributed by atoms with Crippen LogP contribution in [0, 0.1) is 6.92 Å². The maximum absolute atomic E-state index is 6.11. The summed E-state index contributed by atoms with van der Waals surface area (Å²) in [6, 6.07) is 5.55. The topological polar surface area (TPSA) is 53.6 Å². The SMILES string of the molecule is Cc1cc(Cl)ccc1N=C(N)N1CCCCCNC1=S. The van der Waals surface area contributed by atoms with Gasteiger partial charge in [0.05, 0.1) is 5.69 Å². The Balaban J connectivity index is 2.20. The molecule has 1 aliphatic rings. The number of rotatable bonds is 1. The first kappa shape index (κ1) is 15.1. The lowest BCUT2D eigenvalue weighted by atomic mass is 10.2. The lowest BCUT2D eigenvalue weighted by Crippen LogP contribution is -2.48. The van der Waals surface area contributed by atoms with E-state index >= 15 is 0 Å². The molecule has 0 aliphatic carbocycles. The van der Waals surface area contributed by atoms with Crippen LogP contribution in [0.2, 0.25) is 5.02 Å². The van der Waals surface area contributed by atoms with Crippen molar-refractivity contribution in [3.05, 3.63) is 28.8 Å². The van der Waals surface area contributed by atoms with Crippen molar-refractivity contribution in [2.45, 2.75) is 26.2 Å². The first-order chi connectivity index (χ1) is 9.58. The Kier molecular flexibility index (Phi) is 5.20. The highest BCUT2D eigenvalue weighted by atomic mass is 35.5. The number of nitrogens with zero attached hydrogens (tertiary/aromatic N) is 2. The molecule has 2 rings (SSSR count). The van der Waals surface area contributed by atoms with Crippen molar-refractivity contribution in [2.75, 3.05) is 13.1 Å². The van der Waals surface area contributed by atoms with E-state index in [0.717, 1.165) is 37.2 Å². The number of aliphatic imine (C=N–C) groups is 1. The van der Waals surface area contributed by atoms with Crippen LogP contribution < -0.4 is 11.1 Å². The van der Waals surface area contributed by atoms with Crippen molar-refractivity contribution in [1.82, 2.24) is 10.2 Å². The fraction of sp³-hybridized carbons (Fsp3) is 0.429. The summed E-state index contributed by atoms with van der Waals surface area (Å²) >= 11 is 11.3. The third-order valence-electron chi connectivity index (χ3n) is 3.25. The fourth-order valence-electron chi connectivity index (χ4n) is 2.11. The summed E-state index contributed by atoms with van der Waals surface area (Å²) < 4.78 is 0. The van der Waals surface area contributed by atoms with Gasteiger partial charge in [0, 0.05) is 18.1 Å². The molecule has 1 fully saturated rings. The second kappa shape index (κ2) is 6.90. The molecule has 1 aliphatic heterocycles. The quantitative estimate of drug-likeness (QED) is 0.476. The van der Waals surface area contributed by atoms with E-state index in [4.69, 9.17) is 29.6 Å². The molecule has 0 aromatic heterocycles. The molecule has 1 heterocycles. The second-order valence-corrected chi connectivity index (χ2v) is 5.67. The lowest BCUT2D eigenvalue weighted by Gasteiger charge is -2.27. The van der Waals surface area contributed by atoms with E-state index in [1.807, 2.05) is 30.0 Å². The molecule has 1 aromatic carbocycles. The van der Waals surface area contributed by atoms with Crippen LogP contribution >= 0.6 is 23.8 Å². The van der Waals surface area contributed by atoms with E-state index in [2.05, 4.69) is 10.3 Å². The number of benzene rings is 1. The molecule has 0 unspecified atom stereocenters. The molecule has 0 atom stereocenters. The van der Waals surface area contributed by atoms with Gasteiger partial charge in [-0.25, -0.2) is 4.99 Å². The predicted molar refractivity (Wildman–Crippen MR) is 88.6 cm³/mol. The molecular weight excluding hydrogens is 292 g/mol. The molecular formula is C14H19ClN4S. The number of aryl methyl sites for hydroxylation is 1. The van der Waals surface area contributed by atoms with Crippen LogP contribution in [0.5, 0.6) is 0 Å². The number of guanidine groups is 1. The van der Waals surface area contributed by atoms with E-state index in [9.17, 15) is 0 Å². The van der Waals surface area contributed by atoms with Crippen molar-refractivity contribution in [1.29, 1.82) is 0 Å². The van der Waals surface area contributed by atoms with Gasteiger partial charge in [-0.3, -0.25) is 4.90 Å². The first-order valence-electron chi connectivity index (χ1n) is 6.73. The number of halogens is 1. The maximum Gasteiger partial charge on any atom is 0.202 e. The van der Waals surface area contributed by atoms with Crippen LogP contribution in [0.4, 0.5) is 5.69 Å². The molecule has 3 N–H and O–H groups in total. The summed E-state index contributed by atoms with van der Waals surface area (Å²) in [5.74, 6) is 0.426. The number of nitrogens with two attached hydrogens (primary N) is 1. The minimum atomic E-state index is 0.426. The van der Waals surface area contributed by atoms with Gasteiger partial charge in [0.1, 0.15) is 0 Å². The van der Waals surface area contributed by atoms with Crippen molar-refractivity contribution in [2.24, 2.45) is 10.7 Å². The number of hydrogen-bond donors (Lipinski definition) is 2. The zero-order valence-electron chi connectivity index (χ0n) is 11.5. The van der Waals surface area contributed by atoms with Gasteiger partial charge < -0.3 is 11.1 Å². The summed E-state index contributed by atoms with van der Waals surface area (Å²) in [6.45, 7) is 3.65. The average Bonchev–Trinajstić information content (AvgIpc) is 2.37. The molecule has 0 radical (unpaired) electrons. The van der Waals surface area contributed by atoms with Gasteiger partial charge in [-0.15, -0.1) is 0 Å². The molecule has 0 saturated carbocycles. The van der Waals surface area contributed by atoms with Crippen molar-refractivity contribution < 1.29 is 0 Å². The minimum absolute atomic E-state index is 0.426. The van der Waals surface area contributed by atoms with Crippen LogP contribution in [-0.4, -0.2) is 29.1 Å². The zero-order valence-corrected chi connectivity index (χ0v) is 13.1. The molecule has 0 amide bonds. The maximum atomic E-state index is 6.11. The van der Waals surface area contributed by atoms with Gasteiger partial charge in [-0.1, -0.05) is 11.6 Å². The summed E-state index contributed by atoms with van der Waals surface area (Å²) in [7, 11) is 0. The molecule has 6 heteroatoms. The van der Waals surface area contributed by atoms with Crippen LogP contribution in [-0.2, 0) is 0 Å². The van der Waals surface area contributed by atoms with E-state index in [1.165, 1.54) is 6.42 Å². The first-order valence-corrected chi connectivity index (χ1v) is 7.52. The van der Waals surface area contributed by atoms with E-state index in [0.29, 0.717) is 16.1 Å². The van der Waals surface area contributed by atoms with E-state index in [-0.39, 0.29) is 0 Å². The third-order valence-corrected chi connectivity index (χ3v) is 3.85. The number of hydrogen-bond acceptors (Lipinski definition) is 2.